The molecule has 2 aliphatic carbocycles. The van der Waals surface area contributed by atoms with Gasteiger partial charge in [0.25, 0.3) is 0 Å². The summed E-state index contributed by atoms with van der Waals surface area (Å²) in [4.78, 5) is 10.6. The highest BCUT2D eigenvalue weighted by Gasteiger charge is 2.32. The maximum atomic E-state index is 10.6. The Balaban J connectivity index is 1.86. The molecule has 0 bridgehead atoms. The molecule has 3 unspecified atom stereocenters. The van der Waals surface area contributed by atoms with Gasteiger partial charge < -0.3 is 5.32 Å². The Kier molecular flexibility index (Phi) is 3.66. The molecule has 1 amide bonds. The average Bonchev–Trinajstić information content (AvgIpc) is 3.03. The third-order valence-corrected chi connectivity index (χ3v) is 4.23. The summed E-state index contributed by atoms with van der Waals surface area (Å²) in [6, 6.07) is 0.463. The van der Waals surface area contributed by atoms with Gasteiger partial charge in [0.05, 0.1) is 0 Å². The molecule has 0 saturated heterocycles. The molecular formula is C13H23NO. The van der Waals surface area contributed by atoms with Gasteiger partial charge in [-0.25, -0.2) is 0 Å². The summed E-state index contributed by atoms with van der Waals surface area (Å²) in [6.07, 6.45) is 10.3. The summed E-state index contributed by atoms with van der Waals surface area (Å²) >= 11 is 0. The van der Waals surface area contributed by atoms with Crippen molar-refractivity contribution in [3.63, 3.8) is 0 Å². The number of amides is 1. The zero-order chi connectivity index (χ0) is 10.7. The minimum absolute atomic E-state index is 0.463. The summed E-state index contributed by atoms with van der Waals surface area (Å²) in [5.41, 5.74) is 0. The van der Waals surface area contributed by atoms with Crippen molar-refractivity contribution in [1.82, 2.24) is 5.32 Å². The topological polar surface area (TPSA) is 29.1 Å². The van der Waals surface area contributed by atoms with Gasteiger partial charge in [-0.15, -0.1) is 0 Å². The molecule has 0 radical (unpaired) electrons. The zero-order valence-corrected chi connectivity index (χ0v) is 9.74. The van der Waals surface area contributed by atoms with Crippen LogP contribution in [0, 0.1) is 17.8 Å². The normalized spacial score (nSPS) is 33.4. The largest absolute Gasteiger partial charge is 0.356 e. The highest BCUT2D eigenvalue weighted by Crippen LogP contribution is 2.40. The Bertz CT molecular complexity index is 213. The number of nitrogens with one attached hydrogen (secondary N) is 1. The second kappa shape index (κ2) is 5.00. The quantitative estimate of drug-likeness (QED) is 0.693. The fraction of sp³-hybridized carbons (Fsp3) is 0.923. The van der Waals surface area contributed by atoms with E-state index in [1.807, 2.05) is 0 Å². The first-order valence-corrected chi connectivity index (χ1v) is 6.51. The van der Waals surface area contributed by atoms with E-state index < -0.39 is 0 Å². The van der Waals surface area contributed by atoms with Crippen LogP contribution in [0.2, 0.25) is 0 Å². The number of hydrogen-bond donors (Lipinski definition) is 1. The molecule has 2 saturated carbocycles. The van der Waals surface area contributed by atoms with Crippen LogP contribution in [0.1, 0.15) is 51.9 Å². The maximum absolute atomic E-state index is 10.6. The lowest BCUT2D eigenvalue weighted by Gasteiger charge is -2.35. The van der Waals surface area contributed by atoms with Gasteiger partial charge in [-0.05, 0) is 37.0 Å². The van der Waals surface area contributed by atoms with Crippen molar-refractivity contribution >= 4 is 6.41 Å². The Morgan fingerprint density at radius 2 is 2.00 bits per heavy atom. The summed E-state index contributed by atoms with van der Waals surface area (Å²) in [6.45, 7) is 2.38. The number of hydrogen-bond acceptors (Lipinski definition) is 1. The molecule has 2 fully saturated rings. The number of carbonyl (C=O) groups is 1. The molecule has 0 aromatic carbocycles. The molecule has 0 aromatic rings. The predicted molar refractivity (Wildman–Crippen MR) is 61.5 cm³/mol. The van der Waals surface area contributed by atoms with Crippen LogP contribution < -0.4 is 5.32 Å². The lowest BCUT2D eigenvalue weighted by atomic mass is 9.75. The Labute approximate surface area is 92.8 Å². The van der Waals surface area contributed by atoms with E-state index in [1.54, 1.807) is 0 Å². The first-order valence-electron chi connectivity index (χ1n) is 6.51. The molecule has 2 heteroatoms. The van der Waals surface area contributed by atoms with Crippen molar-refractivity contribution in [2.45, 2.75) is 57.9 Å². The standard InChI is InChI=1S/C13H23NO/c1-10(8-11-6-7-11)12-4-2-3-5-13(12)14-9-15/h9-13H,2-8H2,1H3,(H,14,15). The van der Waals surface area contributed by atoms with E-state index in [2.05, 4.69) is 12.2 Å². The smallest absolute Gasteiger partial charge is 0.207 e. The molecular weight excluding hydrogens is 186 g/mol. The summed E-state index contributed by atoms with van der Waals surface area (Å²) in [7, 11) is 0. The van der Waals surface area contributed by atoms with Crippen LogP contribution >= 0.6 is 0 Å². The van der Waals surface area contributed by atoms with Crippen LogP contribution in [0.15, 0.2) is 0 Å². The minimum atomic E-state index is 0.463. The van der Waals surface area contributed by atoms with Crippen molar-refractivity contribution < 1.29 is 4.79 Å². The van der Waals surface area contributed by atoms with Crippen LogP contribution in [0.25, 0.3) is 0 Å². The van der Waals surface area contributed by atoms with Gasteiger partial charge in [0, 0.05) is 6.04 Å². The van der Waals surface area contributed by atoms with E-state index in [9.17, 15) is 4.79 Å². The lowest BCUT2D eigenvalue weighted by Crippen LogP contribution is -2.40. The molecule has 0 aliphatic heterocycles. The minimum Gasteiger partial charge on any atom is -0.356 e. The second-order valence-electron chi connectivity index (χ2n) is 5.50. The third kappa shape index (κ3) is 2.96. The molecule has 3 atom stereocenters. The van der Waals surface area contributed by atoms with Crippen molar-refractivity contribution in [3.05, 3.63) is 0 Å². The van der Waals surface area contributed by atoms with Crippen molar-refractivity contribution in [1.29, 1.82) is 0 Å². The molecule has 15 heavy (non-hydrogen) atoms. The van der Waals surface area contributed by atoms with E-state index in [0.29, 0.717) is 6.04 Å². The van der Waals surface area contributed by atoms with Gasteiger partial charge >= 0.3 is 0 Å². The van der Waals surface area contributed by atoms with Crippen LogP contribution in [0.5, 0.6) is 0 Å². The van der Waals surface area contributed by atoms with Gasteiger partial charge in [-0.1, -0.05) is 32.6 Å². The predicted octanol–water partition coefficient (Wildman–Crippen LogP) is 2.73. The fourth-order valence-corrected chi connectivity index (χ4v) is 3.19. The van der Waals surface area contributed by atoms with Crippen molar-refractivity contribution in [2.24, 2.45) is 17.8 Å². The average molecular weight is 209 g/mol. The van der Waals surface area contributed by atoms with E-state index >= 15 is 0 Å². The van der Waals surface area contributed by atoms with Gasteiger partial charge in [0.1, 0.15) is 0 Å². The third-order valence-electron chi connectivity index (χ3n) is 4.23. The summed E-state index contributed by atoms with van der Waals surface area (Å²) in [5, 5.41) is 3.03. The van der Waals surface area contributed by atoms with E-state index in [1.165, 1.54) is 44.9 Å². The highest BCUT2D eigenvalue weighted by atomic mass is 16.1. The van der Waals surface area contributed by atoms with Gasteiger partial charge in [0.2, 0.25) is 6.41 Å². The van der Waals surface area contributed by atoms with E-state index in [4.69, 9.17) is 0 Å². The van der Waals surface area contributed by atoms with Crippen molar-refractivity contribution in [3.8, 4) is 0 Å². The molecule has 2 rings (SSSR count). The van der Waals surface area contributed by atoms with Crippen LogP contribution in [0.3, 0.4) is 0 Å². The molecule has 0 heterocycles. The zero-order valence-electron chi connectivity index (χ0n) is 9.74. The van der Waals surface area contributed by atoms with Crippen LogP contribution in [0.4, 0.5) is 0 Å². The molecule has 0 aromatic heterocycles. The highest BCUT2D eigenvalue weighted by molar-refractivity contribution is 5.46. The Morgan fingerprint density at radius 1 is 1.27 bits per heavy atom. The summed E-state index contributed by atoms with van der Waals surface area (Å²) in [5.74, 6) is 2.55. The van der Waals surface area contributed by atoms with E-state index in [-0.39, 0.29) is 0 Å². The number of carbonyl (C=O) groups excluding carboxylic acids is 1. The van der Waals surface area contributed by atoms with E-state index in [0.717, 1.165) is 24.2 Å². The molecule has 0 spiro atoms. The second-order valence-corrected chi connectivity index (χ2v) is 5.50. The lowest BCUT2D eigenvalue weighted by molar-refractivity contribution is -0.110. The molecule has 1 N–H and O–H groups in total. The molecule has 2 aliphatic rings. The first-order chi connectivity index (χ1) is 7.31. The van der Waals surface area contributed by atoms with Gasteiger partial charge in [-0.2, -0.15) is 0 Å². The van der Waals surface area contributed by atoms with Crippen LogP contribution in [-0.4, -0.2) is 12.5 Å². The van der Waals surface area contributed by atoms with Crippen molar-refractivity contribution in [2.75, 3.05) is 0 Å². The Morgan fingerprint density at radius 3 is 2.67 bits per heavy atom. The fourth-order valence-electron chi connectivity index (χ4n) is 3.19. The molecule has 86 valence electrons. The maximum Gasteiger partial charge on any atom is 0.207 e. The summed E-state index contributed by atoms with van der Waals surface area (Å²) < 4.78 is 0. The van der Waals surface area contributed by atoms with Gasteiger partial charge in [-0.3, -0.25) is 4.79 Å². The Hall–Kier alpha value is -0.530. The first kappa shape index (κ1) is 11.0. The van der Waals surface area contributed by atoms with Crippen LogP contribution in [-0.2, 0) is 4.79 Å². The monoisotopic (exact) mass is 209 g/mol. The van der Waals surface area contributed by atoms with Gasteiger partial charge in [0.15, 0.2) is 0 Å². The molecule has 2 nitrogen and oxygen atoms in total. The SMILES string of the molecule is CC(CC1CC1)C1CCCCC1NC=O. The number of rotatable bonds is 5.